The van der Waals surface area contributed by atoms with Crippen LogP contribution in [0.15, 0.2) is 25.0 Å². The molecule has 1 nitrogen and oxygen atoms in total. The van der Waals surface area contributed by atoms with Gasteiger partial charge in [0.2, 0.25) is 0 Å². The van der Waals surface area contributed by atoms with E-state index in [1.807, 2.05) is 0 Å². The van der Waals surface area contributed by atoms with Crippen molar-refractivity contribution in [1.82, 2.24) is 0 Å². The van der Waals surface area contributed by atoms with Crippen LogP contribution in [0.2, 0.25) is 0 Å². The highest BCUT2D eigenvalue weighted by molar-refractivity contribution is 4.88. The Morgan fingerprint density at radius 1 is 1.50 bits per heavy atom. The molecule has 0 spiro atoms. The Morgan fingerprint density at radius 2 is 2.20 bits per heavy atom. The van der Waals surface area contributed by atoms with Gasteiger partial charge in [-0.25, -0.2) is 0 Å². The maximum atomic E-state index is 5.17. The van der Waals surface area contributed by atoms with E-state index < -0.39 is 0 Å². The molecule has 0 bridgehead atoms. The maximum Gasteiger partial charge on any atom is 0.116 e. The molecule has 0 saturated heterocycles. The molecule has 0 aliphatic heterocycles. The Morgan fingerprint density at radius 3 is 2.60 bits per heavy atom. The smallest absolute Gasteiger partial charge is 0.116 e. The first kappa shape index (κ1) is 9.28. The summed E-state index contributed by atoms with van der Waals surface area (Å²) in [5.74, 6) is 0. The molecule has 0 aliphatic rings. The molecule has 0 rings (SSSR count). The lowest BCUT2D eigenvalue weighted by atomic mass is 10.2. The third kappa shape index (κ3) is 4.19. The van der Waals surface area contributed by atoms with Crippen LogP contribution in [0, 0.1) is 0 Å². The van der Waals surface area contributed by atoms with Crippen LogP contribution in [0.4, 0.5) is 0 Å². The summed E-state index contributed by atoms with van der Waals surface area (Å²) in [4.78, 5) is 0. The van der Waals surface area contributed by atoms with Crippen molar-refractivity contribution in [3.63, 3.8) is 0 Å². The van der Waals surface area contributed by atoms with Crippen LogP contribution < -0.4 is 0 Å². The number of allylic oxidation sites excluding steroid dienone is 1. The van der Waals surface area contributed by atoms with Crippen LogP contribution in [0.3, 0.4) is 0 Å². The lowest BCUT2D eigenvalue weighted by Crippen LogP contribution is -2.02. The third-order valence-electron chi connectivity index (χ3n) is 1.26. The van der Waals surface area contributed by atoms with Crippen LogP contribution in [0.5, 0.6) is 0 Å². The van der Waals surface area contributed by atoms with Crippen LogP contribution >= 0.6 is 0 Å². The Kier molecular flexibility index (Phi) is 5.94. The Bertz CT molecular complexity index is 105. The quantitative estimate of drug-likeness (QED) is 0.421. The summed E-state index contributed by atoms with van der Waals surface area (Å²) in [5, 5.41) is 0. The number of hydrogen-bond acceptors (Lipinski definition) is 1. The molecule has 0 radical (unpaired) electrons. The summed E-state index contributed by atoms with van der Waals surface area (Å²) >= 11 is 0. The largest absolute Gasteiger partial charge is 0.495 e. The zero-order valence-electron chi connectivity index (χ0n) is 6.84. The summed E-state index contributed by atoms with van der Waals surface area (Å²) in [6, 6.07) is 0. The van der Waals surface area contributed by atoms with E-state index in [1.165, 1.54) is 6.26 Å². The Hall–Kier alpha value is -0.720. The summed E-state index contributed by atoms with van der Waals surface area (Å²) in [6.07, 6.45) is 7.96. The Balaban J connectivity index is 3.58. The van der Waals surface area contributed by atoms with Gasteiger partial charge in [-0.05, 0) is 18.9 Å². The SMILES string of the molecule is C=CO[C@@H](C=CCC)CC. The first-order valence-corrected chi connectivity index (χ1v) is 3.78. The van der Waals surface area contributed by atoms with Gasteiger partial charge in [0, 0.05) is 0 Å². The van der Waals surface area contributed by atoms with Gasteiger partial charge in [-0.2, -0.15) is 0 Å². The lowest BCUT2D eigenvalue weighted by Gasteiger charge is -2.07. The molecule has 1 heteroatoms. The van der Waals surface area contributed by atoms with Crippen LogP contribution in [0.25, 0.3) is 0 Å². The molecule has 0 aromatic carbocycles. The van der Waals surface area contributed by atoms with Gasteiger partial charge in [0.05, 0.1) is 6.26 Å². The summed E-state index contributed by atoms with van der Waals surface area (Å²) < 4.78 is 5.17. The topological polar surface area (TPSA) is 9.23 Å². The molecule has 10 heavy (non-hydrogen) atoms. The van der Waals surface area contributed by atoms with Crippen molar-refractivity contribution in [1.29, 1.82) is 0 Å². The summed E-state index contributed by atoms with van der Waals surface area (Å²) in [7, 11) is 0. The molecule has 0 heterocycles. The summed E-state index contributed by atoms with van der Waals surface area (Å²) in [5.41, 5.74) is 0. The van der Waals surface area contributed by atoms with Gasteiger partial charge < -0.3 is 4.74 Å². The molecule has 0 aliphatic carbocycles. The van der Waals surface area contributed by atoms with E-state index in [2.05, 4.69) is 32.6 Å². The van der Waals surface area contributed by atoms with Gasteiger partial charge in [0.15, 0.2) is 0 Å². The second-order valence-corrected chi connectivity index (χ2v) is 2.09. The van der Waals surface area contributed by atoms with Crippen molar-refractivity contribution in [3.8, 4) is 0 Å². The molecule has 0 N–H and O–H groups in total. The van der Waals surface area contributed by atoms with Gasteiger partial charge in [-0.3, -0.25) is 0 Å². The zero-order chi connectivity index (χ0) is 7.82. The molecule has 0 fully saturated rings. The minimum atomic E-state index is 0.220. The third-order valence-corrected chi connectivity index (χ3v) is 1.26. The van der Waals surface area contributed by atoms with Crippen LogP contribution in [-0.4, -0.2) is 6.10 Å². The average molecular weight is 140 g/mol. The monoisotopic (exact) mass is 140 g/mol. The Labute approximate surface area is 63.4 Å². The fourth-order valence-corrected chi connectivity index (χ4v) is 0.689. The van der Waals surface area contributed by atoms with Crippen LogP contribution in [0.1, 0.15) is 26.7 Å². The van der Waals surface area contributed by atoms with Gasteiger partial charge in [0.25, 0.3) is 0 Å². The molecule has 1 atom stereocenters. The van der Waals surface area contributed by atoms with E-state index in [1.54, 1.807) is 0 Å². The van der Waals surface area contributed by atoms with Crippen LogP contribution in [-0.2, 0) is 4.74 Å². The van der Waals surface area contributed by atoms with Crippen molar-refractivity contribution < 1.29 is 4.74 Å². The van der Waals surface area contributed by atoms with Crippen molar-refractivity contribution in [2.45, 2.75) is 32.8 Å². The number of hydrogen-bond donors (Lipinski definition) is 0. The minimum Gasteiger partial charge on any atom is -0.495 e. The molecule has 0 unspecified atom stereocenters. The van der Waals surface area contributed by atoms with E-state index in [4.69, 9.17) is 4.74 Å². The van der Waals surface area contributed by atoms with E-state index in [-0.39, 0.29) is 6.10 Å². The zero-order valence-corrected chi connectivity index (χ0v) is 6.84. The highest BCUT2D eigenvalue weighted by atomic mass is 16.5. The van der Waals surface area contributed by atoms with Gasteiger partial charge in [-0.15, -0.1) is 0 Å². The van der Waals surface area contributed by atoms with Gasteiger partial charge >= 0.3 is 0 Å². The predicted octanol–water partition coefficient (Wildman–Crippen LogP) is 2.89. The first-order valence-electron chi connectivity index (χ1n) is 3.78. The molecular formula is C9H16O. The lowest BCUT2D eigenvalue weighted by molar-refractivity contribution is 0.184. The highest BCUT2D eigenvalue weighted by Gasteiger charge is 1.96. The second-order valence-electron chi connectivity index (χ2n) is 2.09. The van der Waals surface area contributed by atoms with Crippen molar-refractivity contribution in [2.75, 3.05) is 0 Å². The van der Waals surface area contributed by atoms with Crippen molar-refractivity contribution >= 4 is 0 Å². The number of ether oxygens (including phenoxy) is 1. The number of rotatable bonds is 5. The molecule has 58 valence electrons. The fraction of sp³-hybridized carbons (Fsp3) is 0.556. The molecular weight excluding hydrogens is 124 g/mol. The van der Waals surface area contributed by atoms with Crippen molar-refractivity contribution in [2.24, 2.45) is 0 Å². The van der Waals surface area contributed by atoms with E-state index in [0.717, 1.165) is 12.8 Å². The van der Waals surface area contributed by atoms with Crippen molar-refractivity contribution in [3.05, 3.63) is 25.0 Å². The van der Waals surface area contributed by atoms with E-state index >= 15 is 0 Å². The highest BCUT2D eigenvalue weighted by Crippen LogP contribution is 2.00. The second kappa shape index (κ2) is 6.40. The minimum absolute atomic E-state index is 0.220. The molecule has 0 aromatic rings. The fourth-order valence-electron chi connectivity index (χ4n) is 0.689. The maximum absolute atomic E-state index is 5.17. The molecule has 0 amide bonds. The molecule has 0 saturated carbocycles. The standard InChI is InChI=1S/C9H16O/c1-4-7-8-9(5-2)10-6-3/h6-9H,3-5H2,1-2H3/t9-/m1/s1. The first-order chi connectivity index (χ1) is 4.85. The van der Waals surface area contributed by atoms with E-state index in [9.17, 15) is 0 Å². The predicted molar refractivity (Wildman–Crippen MR) is 44.8 cm³/mol. The van der Waals surface area contributed by atoms with E-state index in [0.29, 0.717) is 0 Å². The normalized spacial score (nSPS) is 13.4. The average Bonchev–Trinajstić information content (AvgIpc) is 1.98. The van der Waals surface area contributed by atoms with Gasteiger partial charge in [-0.1, -0.05) is 26.5 Å². The molecule has 0 aromatic heterocycles. The van der Waals surface area contributed by atoms with Gasteiger partial charge in [0.1, 0.15) is 6.10 Å². The summed E-state index contributed by atoms with van der Waals surface area (Å²) in [6.45, 7) is 7.70.